The second-order valence-corrected chi connectivity index (χ2v) is 4.80. The van der Waals surface area contributed by atoms with Crippen LogP contribution in [0.2, 0.25) is 0 Å². The molecule has 0 heterocycles. The number of benzene rings is 1. The zero-order valence-corrected chi connectivity index (χ0v) is 10.6. The van der Waals surface area contributed by atoms with Crippen LogP contribution in [-0.2, 0) is 10.2 Å². The van der Waals surface area contributed by atoms with Gasteiger partial charge in [0.1, 0.15) is 5.82 Å². The first-order valence-electron chi connectivity index (χ1n) is 5.24. The van der Waals surface area contributed by atoms with Crippen molar-refractivity contribution in [2.24, 2.45) is 5.73 Å². The van der Waals surface area contributed by atoms with Gasteiger partial charge in [-0.2, -0.15) is 13.1 Å². The van der Waals surface area contributed by atoms with Crippen molar-refractivity contribution < 1.29 is 12.8 Å². The van der Waals surface area contributed by atoms with Crippen LogP contribution in [0.4, 0.5) is 10.1 Å². The molecule has 1 rings (SSSR count). The molecule has 5 nitrogen and oxygen atoms in total. The first-order valence-corrected chi connectivity index (χ1v) is 6.72. The van der Waals surface area contributed by atoms with E-state index in [4.69, 9.17) is 5.73 Å². The van der Waals surface area contributed by atoms with Crippen molar-refractivity contribution in [3.63, 3.8) is 0 Å². The summed E-state index contributed by atoms with van der Waals surface area (Å²) in [4.78, 5) is 0. The molecule has 0 fully saturated rings. The van der Waals surface area contributed by atoms with Crippen LogP contribution in [0.5, 0.6) is 0 Å². The van der Waals surface area contributed by atoms with Crippen molar-refractivity contribution in [1.29, 1.82) is 0 Å². The maximum Gasteiger partial charge on any atom is 0.299 e. The molecular formula is C11H14FN3O2S. The van der Waals surface area contributed by atoms with E-state index in [1.165, 1.54) is 12.1 Å². The van der Waals surface area contributed by atoms with Crippen LogP contribution in [0.25, 0.3) is 0 Å². The largest absolute Gasteiger partial charge is 0.320 e. The fourth-order valence-corrected chi connectivity index (χ4v) is 2.10. The highest BCUT2D eigenvalue weighted by molar-refractivity contribution is 7.90. The van der Waals surface area contributed by atoms with Gasteiger partial charge in [0.05, 0.1) is 17.8 Å². The summed E-state index contributed by atoms with van der Waals surface area (Å²) in [6.07, 6.45) is 0. The lowest BCUT2D eigenvalue weighted by Gasteiger charge is -2.08. The maximum absolute atomic E-state index is 13.3. The molecule has 0 spiro atoms. The highest BCUT2D eigenvalue weighted by atomic mass is 32.2. The minimum Gasteiger partial charge on any atom is -0.320 e. The molecule has 0 aromatic heterocycles. The third-order valence-electron chi connectivity index (χ3n) is 1.88. The minimum atomic E-state index is -3.63. The molecule has 1 aromatic rings. The van der Waals surface area contributed by atoms with Gasteiger partial charge in [0.2, 0.25) is 0 Å². The Bertz CT molecular complexity index is 576. The van der Waals surface area contributed by atoms with E-state index >= 15 is 0 Å². The van der Waals surface area contributed by atoms with Crippen molar-refractivity contribution in [2.75, 3.05) is 17.8 Å². The summed E-state index contributed by atoms with van der Waals surface area (Å²) in [6, 6.07) is 3.77. The molecule has 18 heavy (non-hydrogen) atoms. The molecule has 0 atom stereocenters. The molecule has 0 aliphatic rings. The van der Waals surface area contributed by atoms with E-state index in [1.54, 1.807) is 6.92 Å². The molecule has 1 aromatic carbocycles. The van der Waals surface area contributed by atoms with E-state index in [1.807, 2.05) is 0 Å². The van der Waals surface area contributed by atoms with Gasteiger partial charge in [0.15, 0.2) is 0 Å². The lowest BCUT2D eigenvalue weighted by molar-refractivity contribution is 0.589. The molecule has 0 saturated carbocycles. The predicted molar refractivity (Wildman–Crippen MR) is 68.6 cm³/mol. The lowest BCUT2D eigenvalue weighted by Crippen LogP contribution is -2.29. The third-order valence-corrected chi connectivity index (χ3v) is 3.05. The van der Waals surface area contributed by atoms with E-state index in [-0.39, 0.29) is 24.3 Å². The molecule has 0 radical (unpaired) electrons. The van der Waals surface area contributed by atoms with Crippen LogP contribution < -0.4 is 15.2 Å². The van der Waals surface area contributed by atoms with Crippen molar-refractivity contribution in [3.05, 3.63) is 29.6 Å². The quantitative estimate of drug-likeness (QED) is 0.693. The van der Waals surface area contributed by atoms with Gasteiger partial charge in [-0.05, 0) is 18.2 Å². The van der Waals surface area contributed by atoms with Gasteiger partial charge in [0.25, 0.3) is 10.2 Å². The van der Waals surface area contributed by atoms with E-state index in [0.717, 1.165) is 6.07 Å². The van der Waals surface area contributed by atoms with Gasteiger partial charge >= 0.3 is 0 Å². The SMILES string of the molecule is CCNS(=O)(=O)Nc1ccc(F)c(C#CCN)c1. The van der Waals surface area contributed by atoms with Gasteiger partial charge in [-0.25, -0.2) is 4.39 Å². The molecular weight excluding hydrogens is 257 g/mol. The summed E-state index contributed by atoms with van der Waals surface area (Å²) in [5, 5.41) is 0. The zero-order chi connectivity index (χ0) is 13.6. The number of hydrogen-bond acceptors (Lipinski definition) is 3. The van der Waals surface area contributed by atoms with Gasteiger partial charge in [-0.1, -0.05) is 18.8 Å². The first kappa shape index (κ1) is 14.4. The Hall–Kier alpha value is -1.62. The molecule has 0 bridgehead atoms. The average molecular weight is 271 g/mol. The van der Waals surface area contributed by atoms with Gasteiger partial charge in [-0.15, -0.1) is 0 Å². The van der Waals surface area contributed by atoms with Crippen LogP contribution in [-0.4, -0.2) is 21.5 Å². The normalized spacial score (nSPS) is 10.6. The van der Waals surface area contributed by atoms with Crippen LogP contribution in [0, 0.1) is 17.7 Å². The number of nitrogens with one attached hydrogen (secondary N) is 2. The first-order chi connectivity index (χ1) is 8.48. The molecule has 98 valence electrons. The number of halogens is 1. The summed E-state index contributed by atoms with van der Waals surface area (Å²) < 4.78 is 40.7. The highest BCUT2D eigenvalue weighted by Gasteiger charge is 2.09. The zero-order valence-electron chi connectivity index (χ0n) is 9.83. The molecule has 0 amide bonds. The van der Waals surface area contributed by atoms with E-state index in [2.05, 4.69) is 21.3 Å². The Morgan fingerprint density at radius 2 is 2.17 bits per heavy atom. The van der Waals surface area contributed by atoms with Gasteiger partial charge < -0.3 is 5.73 Å². The third kappa shape index (κ3) is 4.33. The lowest BCUT2D eigenvalue weighted by atomic mass is 10.2. The second kappa shape index (κ2) is 6.35. The summed E-state index contributed by atoms with van der Waals surface area (Å²) >= 11 is 0. The van der Waals surface area contributed by atoms with Crippen LogP contribution in [0.3, 0.4) is 0 Å². The molecule has 4 N–H and O–H groups in total. The number of anilines is 1. The molecule has 0 saturated heterocycles. The highest BCUT2D eigenvalue weighted by Crippen LogP contribution is 2.14. The molecule has 7 heteroatoms. The fraction of sp³-hybridized carbons (Fsp3) is 0.273. The average Bonchev–Trinajstić information content (AvgIpc) is 2.29. The van der Waals surface area contributed by atoms with Crippen molar-refractivity contribution in [1.82, 2.24) is 4.72 Å². The van der Waals surface area contributed by atoms with Crippen molar-refractivity contribution >= 4 is 15.9 Å². The van der Waals surface area contributed by atoms with Crippen LogP contribution in [0.1, 0.15) is 12.5 Å². The number of nitrogens with two attached hydrogens (primary N) is 1. The summed E-state index contributed by atoms with van der Waals surface area (Å²) in [7, 11) is -3.63. The standard InChI is InChI=1S/C11H14FN3O2S/c1-2-14-18(16,17)15-10-5-6-11(12)9(8-10)4-3-7-13/h5-6,8,14-15H,2,7,13H2,1H3. The number of rotatable bonds is 4. The Morgan fingerprint density at radius 3 is 2.78 bits per heavy atom. The summed E-state index contributed by atoms with van der Waals surface area (Å²) in [5.74, 6) is 4.51. The van der Waals surface area contributed by atoms with E-state index in [9.17, 15) is 12.8 Å². The minimum absolute atomic E-state index is 0.0946. The Labute approximate surface area is 106 Å². The predicted octanol–water partition coefficient (Wildman–Crippen LogP) is 0.402. The smallest absolute Gasteiger partial charge is 0.299 e. The molecule has 0 aliphatic heterocycles. The van der Waals surface area contributed by atoms with E-state index in [0.29, 0.717) is 0 Å². The summed E-state index contributed by atoms with van der Waals surface area (Å²) in [6.45, 7) is 2.02. The Morgan fingerprint density at radius 1 is 1.44 bits per heavy atom. The van der Waals surface area contributed by atoms with Crippen molar-refractivity contribution in [2.45, 2.75) is 6.92 Å². The number of hydrogen-bond donors (Lipinski definition) is 3. The topological polar surface area (TPSA) is 84.2 Å². The monoisotopic (exact) mass is 271 g/mol. The second-order valence-electron chi connectivity index (χ2n) is 3.30. The Kier molecular flexibility index (Phi) is 5.09. The van der Waals surface area contributed by atoms with Gasteiger partial charge in [0, 0.05) is 6.54 Å². The van der Waals surface area contributed by atoms with Crippen LogP contribution in [0.15, 0.2) is 18.2 Å². The van der Waals surface area contributed by atoms with Crippen molar-refractivity contribution in [3.8, 4) is 11.8 Å². The summed E-state index contributed by atoms with van der Waals surface area (Å²) in [5.41, 5.74) is 5.52. The maximum atomic E-state index is 13.3. The van der Waals surface area contributed by atoms with Crippen LogP contribution >= 0.6 is 0 Å². The molecule has 0 aliphatic carbocycles. The molecule has 0 unspecified atom stereocenters. The van der Waals surface area contributed by atoms with Gasteiger partial charge in [-0.3, -0.25) is 4.72 Å². The fourth-order valence-electron chi connectivity index (χ4n) is 1.21. The van der Waals surface area contributed by atoms with E-state index < -0.39 is 16.0 Å². The Balaban J connectivity index is 2.99.